The number of ether oxygens (including phenoxy) is 1. The molecule has 1 N–H and O–H groups in total. The van der Waals surface area contributed by atoms with Crippen molar-refractivity contribution >= 4 is 11.9 Å². The highest BCUT2D eigenvalue weighted by atomic mass is 16.5. The van der Waals surface area contributed by atoms with Crippen molar-refractivity contribution in [2.24, 2.45) is 5.92 Å². The predicted octanol–water partition coefficient (Wildman–Crippen LogP) is 0.930. The Morgan fingerprint density at radius 1 is 1.26 bits per heavy atom. The van der Waals surface area contributed by atoms with E-state index < -0.39 is 0 Å². The smallest absolute Gasteiger partial charge is 0.328 e. The number of hydrogen-bond acceptors (Lipinski definition) is 4. The van der Waals surface area contributed by atoms with Gasteiger partial charge in [-0.3, -0.25) is 4.79 Å². The summed E-state index contributed by atoms with van der Waals surface area (Å²) in [6.07, 6.45) is 5.24. The summed E-state index contributed by atoms with van der Waals surface area (Å²) in [5.74, 6) is 0.533. The Labute approximate surface area is 114 Å². The maximum atomic E-state index is 12.2. The van der Waals surface area contributed by atoms with Crippen LogP contribution in [0.5, 0.6) is 0 Å². The highest BCUT2D eigenvalue weighted by Crippen LogP contribution is 2.27. The Bertz CT molecular complexity index is 329. The summed E-state index contributed by atoms with van der Waals surface area (Å²) in [4.78, 5) is 25.7. The van der Waals surface area contributed by atoms with Crippen LogP contribution in [0.4, 0.5) is 0 Å². The summed E-state index contributed by atoms with van der Waals surface area (Å²) in [7, 11) is 0. The molecule has 0 aromatic carbocycles. The van der Waals surface area contributed by atoms with Crippen LogP contribution in [-0.2, 0) is 14.3 Å². The van der Waals surface area contributed by atoms with Crippen molar-refractivity contribution in [2.45, 2.75) is 45.1 Å². The van der Waals surface area contributed by atoms with E-state index in [4.69, 9.17) is 4.74 Å². The second kappa shape index (κ2) is 6.89. The van der Waals surface area contributed by atoms with E-state index in [0.29, 0.717) is 19.7 Å². The van der Waals surface area contributed by atoms with Gasteiger partial charge in [0.05, 0.1) is 13.2 Å². The molecule has 0 spiro atoms. The van der Waals surface area contributed by atoms with Gasteiger partial charge in [0.15, 0.2) is 0 Å². The third-order valence-corrected chi connectivity index (χ3v) is 3.79. The minimum Gasteiger partial charge on any atom is -0.464 e. The van der Waals surface area contributed by atoms with Crippen molar-refractivity contribution in [3.63, 3.8) is 0 Å². The van der Waals surface area contributed by atoms with E-state index in [1.165, 1.54) is 12.8 Å². The number of likely N-dealkylation sites (tertiary alicyclic amines) is 1. The maximum absolute atomic E-state index is 12.2. The summed E-state index contributed by atoms with van der Waals surface area (Å²) in [5.41, 5.74) is 0. The average molecular weight is 268 g/mol. The van der Waals surface area contributed by atoms with Gasteiger partial charge in [-0.1, -0.05) is 0 Å². The standard InChI is InChI=1S/C14H24N2O3/c1-2-19-14(18)12-5-3-4-8-16(12)13(17)10-15-9-11-6-7-11/h11-12,15H,2-10H2,1H3. The van der Waals surface area contributed by atoms with Crippen LogP contribution in [0.15, 0.2) is 0 Å². The molecule has 1 saturated heterocycles. The van der Waals surface area contributed by atoms with Crippen LogP contribution in [0, 0.1) is 5.92 Å². The van der Waals surface area contributed by atoms with Gasteiger partial charge in [-0.25, -0.2) is 4.79 Å². The molecule has 0 aromatic heterocycles. The number of esters is 1. The van der Waals surface area contributed by atoms with Crippen LogP contribution >= 0.6 is 0 Å². The largest absolute Gasteiger partial charge is 0.464 e. The monoisotopic (exact) mass is 268 g/mol. The van der Waals surface area contributed by atoms with Crippen LogP contribution in [0.2, 0.25) is 0 Å². The minimum absolute atomic E-state index is 0.0263. The van der Waals surface area contributed by atoms with Crippen LogP contribution in [0.3, 0.4) is 0 Å². The van der Waals surface area contributed by atoms with Crippen molar-refractivity contribution in [1.82, 2.24) is 10.2 Å². The first-order chi connectivity index (χ1) is 9.22. The summed E-state index contributed by atoms with van der Waals surface area (Å²) in [6.45, 7) is 4.10. The van der Waals surface area contributed by atoms with Crippen molar-refractivity contribution in [3.05, 3.63) is 0 Å². The topological polar surface area (TPSA) is 58.6 Å². The van der Waals surface area contributed by atoms with Crippen LogP contribution in [0.25, 0.3) is 0 Å². The average Bonchev–Trinajstić information content (AvgIpc) is 3.23. The Hall–Kier alpha value is -1.10. The quantitative estimate of drug-likeness (QED) is 0.728. The molecular weight excluding hydrogens is 244 g/mol. The fraction of sp³-hybridized carbons (Fsp3) is 0.857. The summed E-state index contributed by atoms with van der Waals surface area (Å²) in [6, 6.07) is -0.371. The van der Waals surface area contributed by atoms with Gasteiger partial charge in [-0.2, -0.15) is 0 Å². The Balaban J connectivity index is 1.82. The Morgan fingerprint density at radius 3 is 2.74 bits per heavy atom. The zero-order valence-electron chi connectivity index (χ0n) is 11.7. The molecule has 2 rings (SSSR count). The summed E-state index contributed by atoms with van der Waals surface area (Å²) >= 11 is 0. The third-order valence-electron chi connectivity index (χ3n) is 3.79. The number of nitrogens with zero attached hydrogens (tertiary/aromatic N) is 1. The number of hydrogen-bond donors (Lipinski definition) is 1. The van der Waals surface area contributed by atoms with Gasteiger partial charge in [-0.15, -0.1) is 0 Å². The maximum Gasteiger partial charge on any atom is 0.328 e. The van der Waals surface area contributed by atoms with Crippen molar-refractivity contribution in [1.29, 1.82) is 0 Å². The number of amides is 1. The van der Waals surface area contributed by atoms with Gasteiger partial charge >= 0.3 is 5.97 Å². The molecule has 108 valence electrons. The fourth-order valence-corrected chi connectivity index (χ4v) is 2.52. The number of carbonyl (C=O) groups excluding carboxylic acids is 2. The molecule has 5 nitrogen and oxygen atoms in total. The second-order valence-corrected chi connectivity index (χ2v) is 5.43. The van der Waals surface area contributed by atoms with Crippen molar-refractivity contribution in [2.75, 3.05) is 26.2 Å². The molecule has 19 heavy (non-hydrogen) atoms. The molecule has 1 amide bonds. The van der Waals surface area contributed by atoms with Gasteiger partial charge < -0.3 is 15.0 Å². The molecule has 1 atom stereocenters. The highest BCUT2D eigenvalue weighted by Gasteiger charge is 2.33. The molecule has 0 radical (unpaired) electrons. The van der Waals surface area contributed by atoms with Crippen LogP contribution in [-0.4, -0.2) is 49.1 Å². The van der Waals surface area contributed by atoms with E-state index >= 15 is 0 Å². The zero-order chi connectivity index (χ0) is 13.7. The molecule has 2 fully saturated rings. The first-order valence-electron chi connectivity index (χ1n) is 7.39. The van der Waals surface area contributed by atoms with E-state index in [0.717, 1.165) is 31.7 Å². The van der Waals surface area contributed by atoms with Crippen molar-refractivity contribution < 1.29 is 14.3 Å². The molecular formula is C14H24N2O3. The first-order valence-corrected chi connectivity index (χ1v) is 7.39. The van der Waals surface area contributed by atoms with Gasteiger partial charge in [0.2, 0.25) is 5.91 Å². The van der Waals surface area contributed by atoms with E-state index in [-0.39, 0.29) is 17.9 Å². The first kappa shape index (κ1) is 14.3. The van der Waals surface area contributed by atoms with Gasteiger partial charge in [0.25, 0.3) is 0 Å². The molecule has 5 heteroatoms. The zero-order valence-corrected chi connectivity index (χ0v) is 11.7. The van der Waals surface area contributed by atoms with Crippen LogP contribution in [0.1, 0.15) is 39.0 Å². The minimum atomic E-state index is -0.371. The number of piperidine rings is 1. The summed E-state index contributed by atoms with van der Waals surface area (Å²) < 4.78 is 5.06. The highest BCUT2D eigenvalue weighted by molar-refractivity contribution is 5.85. The number of carbonyl (C=O) groups is 2. The van der Waals surface area contributed by atoms with Crippen molar-refractivity contribution in [3.8, 4) is 0 Å². The summed E-state index contributed by atoms with van der Waals surface area (Å²) in [5, 5.41) is 3.19. The molecule has 2 aliphatic rings. The Kier molecular flexibility index (Phi) is 5.19. The third kappa shape index (κ3) is 4.20. The Morgan fingerprint density at radius 2 is 2.05 bits per heavy atom. The lowest BCUT2D eigenvalue weighted by Gasteiger charge is -2.34. The fourth-order valence-electron chi connectivity index (χ4n) is 2.52. The SMILES string of the molecule is CCOC(=O)C1CCCCN1C(=O)CNCC1CC1. The lowest BCUT2D eigenvalue weighted by atomic mass is 10.0. The molecule has 1 aliphatic heterocycles. The number of rotatable bonds is 6. The lowest BCUT2D eigenvalue weighted by Crippen LogP contribution is -2.51. The predicted molar refractivity (Wildman–Crippen MR) is 71.6 cm³/mol. The second-order valence-electron chi connectivity index (χ2n) is 5.43. The lowest BCUT2D eigenvalue weighted by molar-refractivity contribution is -0.156. The molecule has 1 heterocycles. The molecule has 0 aromatic rings. The molecule has 0 bridgehead atoms. The van der Waals surface area contributed by atoms with E-state index in [2.05, 4.69) is 5.32 Å². The molecule has 1 saturated carbocycles. The van der Waals surface area contributed by atoms with Gasteiger partial charge in [-0.05, 0) is 51.5 Å². The van der Waals surface area contributed by atoms with Crippen LogP contribution < -0.4 is 5.32 Å². The molecule has 1 aliphatic carbocycles. The number of nitrogens with one attached hydrogen (secondary N) is 1. The normalized spacial score (nSPS) is 23.2. The van der Waals surface area contributed by atoms with Gasteiger partial charge in [0.1, 0.15) is 6.04 Å². The van der Waals surface area contributed by atoms with E-state index in [9.17, 15) is 9.59 Å². The van der Waals surface area contributed by atoms with E-state index in [1.54, 1.807) is 11.8 Å². The molecule has 1 unspecified atom stereocenters. The van der Waals surface area contributed by atoms with Gasteiger partial charge in [0, 0.05) is 6.54 Å². The van der Waals surface area contributed by atoms with E-state index in [1.807, 2.05) is 0 Å².